The van der Waals surface area contributed by atoms with Crippen LogP contribution in [0.2, 0.25) is 0 Å². The van der Waals surface area contributed by atoms with Crippen LogP contribution in [0, 0.1) is 17.8 Å². The molecule has 9 heteroatoms. The lowest BCUT2D eigenvalue weighted by molar-refractivity contribution is -0.142. The van der Waals surface area contributed by atoms with Gasteiger partial charge in [0.15, 0.2) is 0 Å². The van der Waals surface area contributed by atoms with E-state index in [4.69, 9.17) is 15.9 Å². The number of carbonyl (C=O) groups excluding carboxylic acids is 3. The Balaban J connectivity index is 2.18. The van der Waals surface area contributed by atoms with E-state index in [1.54, 1.807) is 59.7 Å². The van der Waals surface area contributed by atoms with Gasteiger partial charge in [0, 0.05) is 30.6 Å². The molecule has 0 aromatic heterocycles. The van der Waals surface area contributed by atoms with Gasteiger partial charge in [0.2, 0.25) is 11.8 Å². The van der Waals surface area contributed by atoms with Crippen LogP contribution < -0.4 is 15.4 Å². The van der Waals surface area contributed by atoms with Crippen molar-refractivity contribution in [3.8, 4) is 18.1 Å². The summed E-state index contributed by atoms with van der Waals surface area (Å²) in [5.74, 6) is 2.19. The van der Waals surface area contributed by atoms with Gasteiger partial charge >= 0.3 is 6.09 Å². The smallest absolute Gasteiger partial charge is 0.408 e. The summed E-state index contributed by atoms with van der Waals surface area (Å²) in [4.78, 5) is 40.4. The number of likely N-dealkylation sites (tertiary alicyclic amines) is 1. The topological polar surface area (TPSA) is 117 Å². The van der Waals surface area contributed by atoms with Crippen LogP contribution in [0.1, 0.15) is 59.1 Å². The second-order valence-electron chi connectivity index (χ2n) is 10.7. The zero-order valence-corrected chi connectivity index (χ0v) is 21.6. The number of rotatable bonds is 6. The van der Waals surface area contributed by atoms with Gasteiger partial charge in [-0.2, -0.15) is 0 Å². The number of benzene rings is 1. The van der Waals surface area contributed by atoms with E-state index in [-0.39, 0.29) is 19.5 Å². The van der Waals surface area contributed by atoms with Crippen molar-refractivity contribution in [1.29, 1.82) is 0 Å². The molecule has 3 amide bonds. The minimum absolute atomic E-state index is 0.0142. The summed E-state index contributed by atoms with van der Waals surface area (Å²) in [7, 11) is 1.51. The number of amides is 3. The molecule has 1 saturated heterocycles. The molecule has 0 unspecified atom stereocenters. The van der Waals surface area contributed by atoms with Crippen LogP contribution in [0.25, 0.3) is 0 Å². The Labute approximate surface area is 207 Å². The number of aliphatic hydroxyl groups excluding tert-OH is 1. The Bertz CT molecular complexity index is 986. The molecular weight excluding hydrogens is 450 g/mol. The van der Waals surface area contributed by atoms with Crippen molar-refractivity contribution in [2.75, 3.05) is 13.7 Å². The third-order valence-corrected chi connectivity index (χ3v) is 5.55. The monoisotopic (exact) mass is 487 g/mol. The first-order valence-corrected chi connectivity index (χ1v) is 11.6. The molecule has 1 aromatic rings. The quantitative estimate of drug-likeness (QED) is 0.530. The van der Waals surface area contributed by atoms with Gasteiger partial charge < -0.3 is 30.1 Å². The van der Waals surface area contributed by atoms with Crippen LogP contribution in [0.4, 0.5) is 4.79 Å². The van der Waals surface area contributed by atoms with Crippen LogP contribution in [-0.2, 0) is 20.9 Å². The normalized spacial score (nSPS) is 18.9. The molecule has 3 N–H and O–H groups in total. The lowest BCUT2D eigenvalue weighted by atomic mass is 9.85. The number of nitrogens with one attached hydrogen (secondary N) is 2. The molecule has 0 spiro atoms. The Morgan fingerprint density at radius 3 is 2.43 bits per heavy atom. The van der Waals surface area contributed by atoms with Gasteiger partial charge in [-0.15, -0.1) is 6.42 Å². The zero-order chi connectivity index (χ0) is 26.6. The first-order chi connectivity index (χ1) is 16.2. The molecule has 0 aliphatic carbocycles. The fourth-order valence-electron chi connectivity index (χ4n) is 3.83. The summed E-state index contributed by atoms with van der Waals surface area (Å²) < 4.78 is 10.7. The van der Waals surface area contributed by atoms with E-state index in [9.17, 15) is 19.5 Å². The van der Waals surface area contributed by atoms with Crippen LogP contribution >= 0.6 is 0 Å². The molecule has 1 aromatic carbocycles. The molecule has 0 radical (unpaired) electrons. The Kier molecular flexibility index (Phi) is 8.79. The van der Waals surface area contributed by atoms with E-state index in [1.807, 2.05) is 0 Å². The predicted molar refractivity (Wildman–Crippen MR) is 132 cm³/mol. The molecule has 35 heavy (non-hydrogen) atoms. The number of alkyl carbamates (subject to hydrolysis) is 1. The van der Waals surface area contributed by atoms with Gasteiger partial charge in [-0.1, -0.05) is 32.8 Å². The van der Waals surface area contributed by atoms with Gasteiger partial charge in [-0.3, -0.25) is 9.59 Å². The lowest BCUT2D eigenvalue weighted by Gasteiger charge is -2.35. The SMILES string of the molecule is C#Cc1ccc(CNC(=O)[C@@H]2C[C@@H](O)CN2C(=O)[C@@H](NC(=O)OC(C)(C)C)C(C)(C)C)c(OC)c1. The first kappa shape index (κ1) is 28.0. The highest BCUT2D eigenvalue weighted by molar-refractivity contribution is 5.92. The predicted octanol–water partition coefficient (Wildman–Crippen LogP) is 2.19. The number of carbonyl (C=O) groups is 3. The van der Waals surface area contributed by atoms with E-state index in [0.29, 0.717) is 11.3 Å². The summed E-state index contributed by atoms with van der Waals surface area (Å²) in [6.07, 6.45) is 3.93. The fraction of sp³-hybridized carbons (Fsp3) is 0.577. The fourth-order valence-corrected chi connectivity index (χ4v) is 3.83. The number of nitrogens with zero attached hydrogens (tertiary/aromatic N) is 1. The van der Waals surface area contributed by atoms with Gasteiger partial charge in [0.25, 0.3) is 0 Å². The number of aliphatic hydroxyl groups is 1. The molecule has 3 atom stereocenters. The summed E-state index contributed by atoms with van der Waals surface area (Å²) in [5, 5.41) is 15.8. The molecule has 0 saturated carbocycles. The number of terminal acetylenes is 1. The highest BCUT2D eigenvalue weighted by Gasteiger charge is 2.44. The van der Waals surface area contributed by atoms with Gasteiger partial charge in [-0.25, -0.2) is 4.79 Å². The molecule has 192 valence electrons. The van der Waals surface area contributed by atoms with E-state index in [2.05, 4.69) is 16.6 Å². The number of hydrogen-bond donors (Lipinski definition) is 3. The highest BCUT2D eigenvalue weighted by atomic mass is 16.6. The van der Waals surface area contributed by atoms with Crippen molar-refractivity contribution in [1.82, 2.24) is 15.5 Å². The molecule has 1 heterocycles. The third-order valence-electron chi connectivity index (χ3n) is 5.55. The average molecular weight is 488 g/mol. The Morgan fingerprint density at radius 1 is 1.23 bits per heavy atom. The number of β-amino-alcohol motifs (C(OH)–C–C–N with tert-alkyl or cyclic N) is 1. The summed E-state index contributed by atoms with van der Waals surface area (Å²) in [6.45, 7) is 10.7. The first-order valence-electron chi connectivity index (χ1n) is 11.6. The van der Waals surface area contributed by atoms with Crippen LogP contribution in [0.3, 0.4) is 0 Å². The molecule has 0 bridgehead atoms. The minimum atomic E-state index is -0.964. The lowest BCUT2D eigenvalue weighted by Crippen LogP contribution is -2.58. The molecule has 1 fully saturated rings. The van der Waals surface area contributed by atoms with Crippen molar-refractivity contribution >= 4 is 17.9 Å². The van der Waals surface area contributed by atoms with E-state index < -0.39 is 47.1 Å². The van der Waals surface area contributed by atoms with Crippen molar-refractivity contribution in [3.63, 3.8) is 0 Å². The molecule has 2 rings (SSSR count). The van der Waals surface area contributed by atoms with Gasteiger partial charge in [0.05, 0.1) is 13.2 Å². The van der Waals surface area contributed by atoms with Crippen molar-refractivity contribution in [3.05, 3.63) is 29.3 Å². The van der Waals surface area contributed by atoms with Crippen LogP contribution in [0.5, 0.6) is 5.75 Å². The molecule has 1 aliphatic heterocycles. The Hall–Kier alpha value is -3.25. The summed E-state index contributed by atoms with van der Waals surface area (Å²) >= 11 is 0. The van der Waals surface area contributed by atoms with E-state index in [1.165, 1.54) is 12.0 Å². The number of ether oxygens (including phenoxy) is 2. The molecule has 1 aliphatic rings. The average Bonchev–Trinajstić information content (AvgIpc) is 3.15. The van der Waals surface area contributed by atoms with E-state index >= 15 is 0 Å². The summed E-state index contributed by atoms with van der Waals surface area (Å²) in [5.41, 5.74) is -0.0375. The molecular formula is C26H37N3O6. The highest BCUT2D eigenvalue weighted by Crippen LogP contribution is 2.27. The Morgan fingerprint density at radius 2 is 1.89 bits per heavy atom. The van der Waals surface area contributed by atoms with E-state index in [0.717, 1.165) is 5.56 Å². The third kappa shape index (κ3) is 7.62. The van der Waals surface area contributed by atoms with Crippen LogP contribution in [-0.4, -0.2) is 65.4 Å². The zero-order valence-electron chi connectivity index (χ0n) is 21.6. The molecule has 9 nitrogen and oxygen atoms in total. The van der Waals surface area contributed by atoms with Crippen molar-refractivity contribution < 1.29 is 29.0 Å². The second kappa shape index (κ2) is 11.0. The maximum atomic E-state index is 13.5. The maximum absolute atomic E-state index is 13.5. The van der Waals surface area contributed by atoms with Crippen molar-refractivity contribution in [2.24, 2.45) is 5.41 Å². The van der Waals surface area contributed by atoms with Crippen LogP contribution in [0.15, 0.2) is 18.2 Å². The van der Waals surface area contributed by atoms with Crippen molar-refractivity contribution in [2.45, 2.75) is 78.3 Å². The second-order valence-corrected chi connectivity index (χ2v) is 10.7. The minimum Gasteiger partial charge on any atom is -0.496 e. The number of hydrogen-bond acceptors (Lipinski definition) is 6. The standard InChI is InChI=1S/C26H37N3O6/c1-9-16-10-11-17(20(12-16)34-8)14-27-22(31)19-13-18(30)15-29(19)23(32)21(25(2,3)4)28-24(33)35-26(5,6)7/h1,10-12,18-19,21,30H,13-15H2,2-8H3,(H,27,31)(H,28,33)/t18-,19+,21-/m1/s1. The largest absolute Gasteiger partial charge is 0.496 e. The van der Waals surface area contributed by atoms with Gasteiger partial charge in [-0.05, 0) is 38.3 Å². The number of methoxy groups -OCH3 is 1. The summed E-state index contributed by atoms with van der Waals surface area (Å²) in [6, 6.07) is 3.36. The maximum Gasteiger partial charge on any atom is 0.408 e. The van der Waals surface area contributed by atoms with Gasteiger partial charge in [0.1, 0.15) is 23.4 Å².